The second-order valence-corrected chi connectivity index (χ2v) is 6.45. The summed E-state index contributed by atoms with van der Waals surface area (Å²) in [5.41, 5.74) is 1.45. The van der Waals surface area contributed by atoms with Gasteiger partial charge in [0.25, 0.3) is 5.91 Å². The zero-order valence-corrected chi connectivity index (χ0v) is 14.8. The van der Waals surface area contributed by atoms with E-state index in [9.17, 15) is 4.79 Å². The maximum atomic E-state index is 12.4. The van der Waals surface area contributed by atoms with Gasteiger partial charge in [0.1, 0.15) is 5.69 Å². The predicted octanol–water partition coefficient (Wildman–Crippen LogP) is 5.07. The van der Waals surface area contributed by atoms with E-state index < -0.39 is 0 Å². The molecule has 1 heterocycles. The smallest absolute Gasteiger partial charge is 0.268 e. The molecular formula is C15H15BrCl2N2O. The van der Waals surface area contributed by atoms with Crippen LogP contribution in [0.3, 0.4) is 0 Å². The van der Waals surface area contributed by atoms with Gasteiger partial charge in [-0.2, -0.15) is 0 Å². The lowest BCUT2D eigenvalue weighted by Crippen LogP contribution is -2.28. The first-order valence-electron chi connectivity index (χ1n) is 6.53. The molecule has 0 aliphatic carbocycles. The average molecular weight is 390 g/mol. The first-order valence-corrected chi connectivity index (χ1v) is 8.08. The number of rotatable bonds is 4. The van der Waals surface area contributed by atoms with Gasteiger partial charge >= 0.3 is 0 Å². The Kier molecular flexibility index (Phi) is 5.36. The first-order chi connectivity index (χ1) is 9.92. The molecule has 1 aromatic heterocycles. The topological polar surface area (TPSA) is 34.0 Å². The number of nitrogens with zero attached hydrogens (tertiary/aromatic N) is 1. The Balaban J connectivity index is 2.18. The molecule has 0 spiro atoms. The number of amides is 1. The molecule has 0 aliphatic heterocycles. The summed E-state index contributed by atoms with van der Waals surface area (Å²) in [5, 5.41) is 4.07. The standard InChI is InChI=1S/C15H15BrCl2N2O/c1-3-20-8-10(16)6-14(20)15(21)19-9(2)12-5-4-11(17)7-13(12)18/h4-9H,3H2,1-2H3,(H,19,21). The van der Waals surface area contributed by atoms with Crippen LogP contribution in [0.2, 0.25) is 10.0 Å². The van der Waals surface area contributed by atoms with Gasteiger partial charge in [0.2, 0.25) is 0 Å². The van der Waals surface area contributed by atoms with Crippen LogP contribution < -0.4 is 5.32 Å². The van der Waals surface area contributed by atoms with Gasteiger partial charge in [-0.3, -0.25) is 4.79 Å². The monoisotopic (exact) mass is 388 g/mol. The summed E-state index contributed by atoms with van der Waals surface area (Å²) in [6.45, 7) is 4.61. The van der Waals surface area contributed by atoms with E-state index in [0.717, 1.165) is 16.6 Å². The summed E-state index contributed by atoms with van der Waals surface area (Å²) in [6.07, 6.45) is 1.88. The van der Waals surface area contributed by atoms with Gasteiger partial charge in [0.05, 0.1) is 6.04 Å². The van der Waals surface area contributed by atoms with Gasteiger partial charge in [0, 0.05) is 27.3 Å². The number of halogens is 3. The summed E-state index contributed by atoms with van der Waals surface area (Å²) in [4.78, 5) is 12.4. The number of hydrogen-bond acceptors (Lipinski definition) is 1. The molecule has 3 nitrogen and oxygen atoms in total. The molecule has 0 bridgehead atoms. The van der Waals surface area contributed by atoms with Crippen molar-refractivity contribution in [3.63, 3.8) is 0 Å². The van der Waals surface area contributed by atoms with Crippen LogP contribution in [0.4, 0.5) is 0 Å². The van der Waals surface area contributed by atoms with E-state index in [4.69, 9.17) is 23.2 Å². The number of benzene rings is 1. The first kappa shape index (κ1) is 16.4. The summed E-state index contributed by atoms with van der Waals surface area (Å²) in [7, 11) is 0. The van der Waals surface area contributed by atoms with Crippen molar-refractivity contribution in [3.05, 3.63) is 56.2 Å². The van der Waals surface area contributed by atoms with Gasteiger partial charge < -0.3 is 9.88 Å². The number of nitrogens with one attached hydrogen (secondary N) is 1. The summed E-state index contributed by atoms with van der Waals surface area (Å²) >= 11 is 15.4. The molecule has 1 aromatic carbocycles. The third-order valence-corrected chi connectivity index (χ3v) is 4.21. The number of hydrogen-bond donors (Lipinski definition) is 1. The zero-order chi connectivity index (χ0) is 15.6. The van der Waals surface area contributed by atoms with Gasteiger partial charge in [-0.05, 0) is 53.5 Å². The van der Waals surface area contributed by atoms with Crippen molar-refractivity contribution in [1.82, 2.24) is 9.88 Å². The average Bonchev–Trinajstić information content (AvgIpc) is 2.79. The van der Waals surface area contributed by atoms with Gasteiger partial charge in [-0.15, -0.1) is 0 Å². The Morgan fingerprint density at radius 3 is 2.71 bits per heavy atom. The quantitative estimate of drug-likeness (QED) is 0.778. The molecule has 21 heavy (non-hydrogen) atoms. The van der Waals surface area contributed by atoms with Crippen molar-refractivity contribution in [2.75, 3.05) is 0 Å². The van der Waals surface area contributed by atoms with Gasteiger partial charge in [-0.25, -0.2) is 0 Å². The van der Waals surface area contributed by atoms with Crippen LogP contribution in [0.15, 0.2) is 34.9 Å². The fourth-order valence-electron chi connectivity index (χ4n) is 2.13. The number of carbonyl (C=O) groups is 1. The van der Waals surface area contributed by atoms with E-state index in [-0.39, 0.29) is 11.9 Å². The van der Waals surface area contributed by atoms with E-state index in [1.54, 1.807) is 18.2 Å². The molecule has 0 saturated heterocycles. The van der Waals surface area contributed by atoms with Crippen molar-refractivity contribution in [1.29, 1.82) is 0 Å². The van der Waals surface area contributed by atoms with E-state index in [2.05, 4.69) is 21.2 Å². The Morgan fingerprint density at radius 2 is 2.10 bits per heavy atom. The van der Waals surface area contributed by atoms with E-state index >= 15 is 0 Å². The number of aromatic nitrogens is 1. The second kappa shape index (κ2) is 6.86. The van der Waals surface area contributed by atoms with E-state index in [1.165, 1.54) is 0 Å². The van der Waals surface area contributed by atoms with Crippen LogP contribution >= 0.6 is 39.1 Å². The molecule has 1 N–H and O–H groups in total. The second-order valence-electron chi connectivity index (χ2n) is 4.69. The van der Waals surface area contributed by atoms with E-state index in [0.29, 0.717) is 15.7 Å². The number of aryl methyl sites for hydroxylation is 1. The molecule has 2 rings (SSSR count). The highest BCUT2D eigenvalue weighted by molar-refractivity contribution is 9.10. The largest absolute Gasteiger partial charge is 0.344 e. The van der Waals surface area contributed by atoms with Crippen LogP contribution in [-0.2, 0) is 6.54 Å². The van der Waals surface area contributed by atoms with Gasteiger partial charge in [-0.1, -0.05) is 29.3 Å². The van der Waals surface area contributed by atoms with Crippen molar-refractivity contribution >= 4 is 45.0 Å². The van der Waals surface area contributed by atoms with Crippen LogP contribution in [0.1, 0.15) is 35.9 Å². The Morgan fingerprint density at radius 1 is 1.38 bits per heavy atom. The van der Waals surface area contributed by atoms with Crippen LogP contribution in [0.5, 0.6) is 0 Å². The van der Waals surface area contributed by atoms with Crippen LogP contribution in [0.25, 0.3) is 0 Å². The zero-order valence-electron chi connectivity index (χ0n) is 11.7. The fourth-order valence-corrected chi connectivity index (χ4v) is 3.16. The lowest BCUT2D eigenvalue weighted by atomic mass is 10.1. The normalized spacial score (nSPS) is 12.2. The summed E-state index contributed by atoms with van der Waals surface area (Å²) in [6, 6.07) is 6.85. The molecule has 6 heteroatoms. The molecule has 1 atom stereocenters. The minimum absolute atomic E-state index is 0.138. The lowest BCUT2D eigenvalue weighted by molar-refractivity contribution is 0.0930. The summed E-state index contributed by atoms with van der Waals surface area (Å²) in [5.74, 6) is -0.138. The lowest BCUT2D eigenvalue weighted by Gasteiger charge is -2.16. The minimum Gasteiger partial charge on any atom is -0.344 e. The van der Waals surface area contributed by atoms with Crippen molar-refractivity contribution in [3.8, 4) is 0 Å². The maximum absolute atomic E-state index is 12.4. The maximum Gasteiger partial charge on any atom is 0.268 e. The minimum atomic E-state index is -0.207. The highest BCUT2D eigenvalue weighted by atomic mass is 79.9. The molecule has 0 saturated carbocycles. The third kappa shape index (κ3) is 3.82. The fraction of sp³-hybridized carbons (Fsp3) is 0.267. The Labute approximate surface area is 142 Å². The van der Waals surface area contributed by atoms with Gasteiger partial charge in [0.15, 0.2) is 0 Å². The van der Waals surface area contributed by atoms with Crippen molar-refractivity contribution in [2.24, 2.45) is 0 Å². The molecule has 112 valence electrons. The molecule has 0 radical (unpaired) electrons. The highest BCUT2D eigenvalue weighted by Gasteiger charge is 2.17. The Hall–Kier alpha value is -0.970. The Bertz CT molecular complexity index is 670. The third-order valence-electron chi connectivity index (χ3n) is 3.21. The molecule has 1 unspecified atom stereocenters. The SMILES string of the molecule is CCn1cc(Br)cc1C(=O)NC(C)c1ccc(Cl)cc1Cl. The highest BCUT2D eigenvalue weighted by Crippen LogP contribution is 2.26. The van der Waals surface area contributed by atoms with Crippen LogP contribution in [0, 0.1) is 0 Å². The molecule has 2 aromatic rings. The van der Waals surface area contributed by atoms with E-state index in [1.807, 2.05) is 30.7 Å². The number of carbonyl (C=O) groups excluding carboxylic acids is 1. The summed E-state index contributed by atoms with van der Waals surface area (Å²) < 4.78 is 2.77. The van der Waals surface area contributed by atoms with Crippen LogP contribution in [-0.4, -0.2) is 10.5 Å². The predicted molar refractivity (Wildman–Crippen MR) is 90.1 cm³/mol. The van der Waals surface area contributed by atoms with Crippen molar-refractivity contribution < 1.29 is 4.79 Å². The molecule has 1 amide bonds. The molecule has 0 aliphatic rings. The molecule has 0 fully saturated rings. The van der Waals surface area contributed by atoms with Crippen molar-refractivity contribution in [2.45, 2.75) is 26.4 Å². The molecular weight excluding hydrogens is 375 g/mol.